The summed E-state index contributed by atoms with van der Waals surface area (Å²) >= 11 is 0. The summed E-state index contributed by atoms with van der Waals surface area (Å²) in [5.74, 6) is -0.171. The Morgan fingerprint density at radius 2 is 2.00 bits per heavy atom. The summed E-state index contributed by atoms with van der Waals surface area (Å²) in [7, 11) is 0. The Bertz CT molecular complexity index is 357. The predicted molar refractivity (Wildman–Crippen MR) is 78.5 cm³/mol. The largest absolute Gasteiger partial charge is 0.481 e. The summed E-state index contributed by atoms with van der Waals surface area (Å²) < 4.78 is 0. The molecule has 20 heavy (non-hydrogen) atoms. The highest BCUT2D eigenvalue weighted by molar-refractivity contribution is 5.81. The molecule has 0 aliphatic carbocycles. The van der Waals surface area contributed by atoms with Gasteiger partial charge in [0.05, 0.1) is 11.5 Å². The van der Waals surface area contributed by atoms with Crippen LogP contribution in [0.5, 0.6) is 0 Å². The minimum Gasteiger partial charge on any atom is -0.481 e. The van der Waals surface area contributed by atoms with Crippen molar-refractivity contribution in [2.24, 2.45) is 11.3 Å². The normalized spacial score (nSPS) is 24.9. The van der Waals surface area contributed by atoms with E-state index in [1.54, 1.807) is 0 Å². The fraction of sp³-hybridized carbons (Fsp3) is 0.867. The molecule has 5 nitrogen and oxygen atoms in total. The maximum absolute atomic E-state index is 12.1. The Kier molecular flexibility index (Phi) is 5.99. The number of rotatable bonds is 7. The molecule has 116 valence electrons. The number of carbonyl (C=O) groups is 2. The molecule has 1 amide bonds. The Labute approximate surface area is 121 Å². The molecule has 0 spiro atoms. The lowest BCUT2D eigenvalue weighted by atomic mass is 9.84. The zero-order valence-corrected chi connectivity index (χ0v) is 13.1. The van der Waals surface area contributed by atoms with Gasteiger partial charge in [-0.15, -0.1) is 0 Å². The zero-order valence-electron chi connectivity index (χ0n) is 13.1. The van der Waals surface area contributed by atoms with E-state index in [2.05, 4.69) is 19.2 Å². The topological polar surface area (TPSA) is 69.6 Å². The molecule has 5 heteroatoms. The highest BCUT2D eigenvalue weighted by Crippen LogP contribution is 2.35. The molecule has 2 atom stereocenters. The molecule has 2 N–H and O–H groups in total. The van der Waals surface area contributed by atoms with E-state index in [0.717, 1.165) is 6.42 Å². The molecule has 1 aliphatic rings. The first kappa shape index (κ1) is 17.0. The van der Waals surface area contributed by atoms with Gasteiger partial charge in [0.25, 0.3) is 0 Å². The van der Waals surface area contributed by atoms with Crippen molar-refractivity contribution in [1.82, 2.24) is 10.2 Å². The van der Waals surface area contributed by atoms with E-state index in [-0.39, 0.29) is 11.9 Å². The van der Waals surface area contributed by atoms with E-state index in [1.165, 1.54) is 0 Å². The molecule has 1 fully saturated rings. The van der Waals surface area contributed by atoms with E-state index in [1.807, 2.05) is 18.7 Å². The van der Waals surface area contributed by atoms with Crippen molar-refractivity contribution in [1.29, 1.82) is 0 Å². The molecule has 0 radical (unpaired) electrons. The molecule has 2 unspecified atom stereocenters. The van der Waals surface area contributed by atoms with Gasteiger partial charge in [0, 0.05) is 19.6 Å². The lowest BCUT2D eigenvalue weighted by Gasteiger charge is -2.26. The molecular weight excluding hydrogens is 256 g/mol. The number of nitrogens with zero attached hydrogens (tertiary/aromatic N) is 1. The summed E-state index contributed by atoms with van der Waals surface area (Å²) in [5.41, 5.74) is -0.674. The van der Waals surface area contributed by atoms with Gasteiger partial charge in [-0.2, -0.15) is 0 Å². The van der Waals surface area contributed by atoms with Gasteiger partial charge in [-0.3, -0.25) is 14.5 Å². The number of amides is 1. The molecular formula is C15H28N2O3. The zero-order chi connectivity index (χ0) is 15.3. The molecule has 0 saturated carbocycles. The van der Waals surface area contributed by atoms with Crippen LogP contribution in [0, 0.1) is 11.3 Å². The van der Waals surface area contributed by atoms with Crippen LogP contribution in [0.2, 0.25) is 0 Å². The lowest BCUT2D eigenvalue weighted by Crippen LogP contribution is -2.46. The first-order chi connectivity index (χ1) is 9.32. The number of hydrogen-bond donors (Lipinski definition) is 2. The Morgan fingerprint density at radius 3 is 2.45 bits per heavy atom. The van der Waals surface area contributed by atoms with Crippen LogP contribution in [0.3, 0.4) is 0 Å². The molecule has 0 aromatic carbocycles. The number of hydrogen-bond acceptors (Lipinski definition) is 3. The predicted octanol–water partition coefficient (Wildman–Crippen LogP) is 1.72. The third kappa shape index (κ3) is 3.95. The van der Waals surface area contributed by atoms with Crippen molar-refractivity contribution in [2.75, 3.05) is 19.6 Å². The monoisotopic (exact) mass is 284 g/mol. The van der Waals surface area contributed by atoms with E-state index >= 15 is 0 Å². The maximum atomic E-state index is 12.1. The quantitative estimate of drug-likeness (QED) is 0.747. The number of likely N-dealkylation sites (tertiary alicyclic amines) is 1. The fourth-order valence-corrected chi connectivity index (χ4v) is 2.65. The summed E-state index contributed by atoms with van der Waals surface area (Å²) in [6.45, 7) is 9.85. The van der Waals surface area contributed by atoms with Crippen LogP contribution in [0.25, 0.3) is 0 Å². The smallest absolute Gasteiger partial charge is 0.310 e. The van der Waals surface area contributed by atoms with Crippen LogP contribution in [-0.2, 0) is 9.59 Å². The first-order valence-corrected chi connectivity index (χ1v) is 7.57. The SMILES string of the molecule is CCC1(C(=O)O)CCN(C(C)C(=O)NCCC(C)C)C1. The van der Waals surface area contributed by atoms with Crippen molar-refractivity contribution in [2.45, 2.75) is 53.0 Å². The van der Waals surface area contributed by atoms with E-state index in [4.69, 9.17) is 0 Å². The number of carboxylic acid groups (broad SMARTS) is 1. The maximum Gasteiger partial charge on any atom is 0.310 e. The number of carboxylic acids is 1. The lowest BCUT2D eigenvalue weighted by molar-refractivity contribution is -0.148. The van der Waals surface area contributed by atoms with Gasteiger partial charge in [0.1, 0.15) is 0 Å². The minimum atomic E-state index is -0.741. The van der Waals surface area contributed by atoms with E-state index in [0.29, 0.717) is 38.4 Å². The molecule has 1 aliphatic heterocycles. The molecule has 1 saturated heterocycles. The van der Waals surface area contributed by atoms with Gasteiger partial charge in [0.2, 0.25) is 5.91 Å². The second-order valence-electron chi connectivity index (χ2n) is 6.31. The van der Waals surface area contributed by atoms with Gasteiger partial charge in [-0.1, -0.05) is 20.8 Å². The van der Waals surface area contributed by atoms with Gasteiger partial charge in [-0.05, 0) is 32.1 Å². The second-order valence-corrected chi connectivity index (χ2v) is 6.31. The van der Waals surface area contributed by atoms with E-state index < -0.39 is 11.4 Å². The standard InChI is InChI=1S/C15H28N2O3/c1-5-15(14(19)20)7-9-17(10-15)12(4)13(18)16-8-6-11(2)3/h11-12H,5-10H2,1-4H3,(H,16,18)(H,19,20). The summed E-state index contributed by atoms with van der Waals surface area (Å²) in [6.07, 6.45) is 2.20. The first-order valence-electron chi connectivity index (χ1n) is 7.57. The highest BCUT2D eigenvalue weighted by Gasteiger charge is 2.45. The fourth-order valence-electron chi connectivity index (χ4n) is 2.65. The molecule has 0 bridgehead atoms. The molecule has 1 heterocycles. The Hall–Kier alpha value is -1.10. The van der Waals surface area contributed by atoms with Gasteiger partial charge in [0.15, 0.2) is 0 Å². The molecule has 1 rings (SSSR count). The van der Waals surface area contributed by atoms with E-state index in [9.17, 15) is 14.7 Å². The summed E-state index contributed by atoms with van der Waals surface area (Å²) in [4.78, 5) is 25.5. The van der Waals surface area contributed by atoms with Crippen LogP contribution < -0.4 is 5.32 Å². The number of nitrogens with one attached hydrogen (secondary N) is 1. The minimum absolute atomic E-state index is 0.00272. The summed E-state index contributed by atoms with van der Waals surface area (Å²) in [6, 6.07) is -0.255. The van der Waals surface area contributed by atoms with Crippen molar-refractivity contribution >= 4 is 11.9 Å². The van der Waals surface area contributed by atoms with Crippen LogP contribution in [-0.4, -0.2) is 47.6 Å². The van der Waals surface area contributed by atoms with Crippen molar-refractivity contribution in [3.8, 4) is 0 Å². The van der Waals surface area contributed by atoms with Gasteiger partial charge >= 0.3 is 5.97 Å². The van der Waals surface area contributed by atoms with Crippen LogP contribution in [0.15, 0.2) is 0 Å². The van der Waals surface area contributed by atoms with Crippen molar-refractivity contribution in [3.05, 3.63) is 0 Å². The van der Waals surface area contributed by atoms with Crippen LogP contribution in [0.4, 0.5) is 0 Å². The second kappa shape index (κ2) is 7.07. The number of aliphatic carboxylic acids is 1. The van der Waals surface area contributed by atoms with Gasteiger partial charge < -0.3 is 10.4 Å². The average molecular weight is 284 g/mol. The number of carbonyl (C=O) groups excluding carboxylic acids is 1. The average Bonchev–Trinajstić information content (AvgIpc) is 2.83. The summed E-state index contributed by atoms with van der Waals surface area (Å²) in [5, 5.41) is 12.3. The highest BCUT2D eigenvalue weighted by atomic mass is 16.4. The van der Waals surface area contributed by atoms with Crippen molar-refractivity contribution < 1.29 is 14.7 Å². The van der Waals surface area contributed by atoms with Gasteiger partial charge in [-0.25, -0.2) is 0 Å². The third-order valence-electron chi connectivity index (χ3n) is 4.46. The van der Waals surface area contributed by atoms with Crippen LogP contribution >= 0.6 is 0 Å². The molecule has 0 aromatic rings. The Balaban J connectivity index is 2.51. The third-order valence-corrected chi connectivity index (χ3v) is 4.46. The van der Waals surface area contributed by atoms with Crippen LogP contribution in [0.1, 0.15) is 47.0 Å². The molecule has 0 aromatic heterocycles. The Morgan fingerprint density at radius 1 is 1.35 bits per heavy atom. The van der Waals surface area contributed by atoms with Crippen molar-refractivity contribution in [3.63, 3.8) is 0 Å².